The van der Waals surface area contributed by atoms with E-state index in [0.717, 1.165) is 22.7 Å². The molecule has 0 aliphatic heterocycles. The van der Waals surface area contributed by atoms with E-state index in [1.807, 2.05) is 20.8 Å². The molecule has 41 heavy (non-hydrogen) atoms. The second-order valence-electron chi connectivity index (χ2n) is 9.71. The fraction of sp³-hybridized carbons (Fsp3) is 0.355. The Bertz CT molecular complexity index is 1430. The lowest BCUT2D eigenvalue weighted by molar-refractivity contribution is -0.140. The van der Waals surface area contributed by atoms with Gasteiger partial charge in [-0.1, -0.05) is 73.8 Å². The highest BCUT2D eigenvalue weighted by Crippen LogP contribution is 2.28. The number of benzene rings is 3. The Morgan fingerprint density at radius 1 is 1.00 bits per heavy atom. The van der Waals surface area contributed by atoms with Crippen molar-refractivity contribution in [2.24, 2.45) is 0 Å². The van der Waals surface area contributed by atoms with E-state index in [4.69, 9.17) is 16.3 Å². The van der Waals surface area contributed by atoms with Gasteiger partial charge in [-0.15, -0.1) is 0 Å². The first-order chi connectivity index (χ1) is 19.6. The summed E-state index contributed by atoms with van der Waals surface area (Å²) in [6.07, 6.45) is 2.04. The standard InChI is InChI=1S/C31H38ClN3O5S/c1-5-7-19-33-31(37)29(6-2)34(21-24-11-8-9-14-28(24)32)30(36)22-35(25-12-10-13-26(20-25)40-4)41(38,39)27-17-15-23(3)16-18-27/h8-18,20,29H,5-7,19,21-22H2,1-4H3,(H,33,37)/t29-/m0/s1. The molecule has 0 unspecified atom stereocenters. The van der Waals surface area contributed by atoms with E-state index in [1.54, 1.807) is 60.7 Å². The van der Waals surface area contributed by atoms with E-state index in [-0.39, 0.29) is 23.0 Å². The maximum atomic E-state index is 14.1. The fourth-order valence-electron chi connectivity index (χ4n) is 4.37. The average molecular weight is 600 g/mol. The molecule has 0 saturated carbocycles. The molecule has 220 valence electrons. The average Bonchev–Trinajstić information content (AvgIpc) is 2.97. The van der Waals surface area contributed by atoms with Crippen LogP contribution >= 0.6 is 11.6 Å². The van der Waals surface area contributed by atoms with Crippen LogP contribution in [0.3, 0.4) is 0 Å². The number of sulfonamides is 1. The van der Waals surface area contributed by atoms with Crippen molar-refractivity contribution >= 4 is 39.1 Å². The molecule has 0 aromatic heterocycles. The van der Waals surface area contributed by atoms with Crippen molar-refractivity contribution in [3.05, 3.63) is 88.9 Å². The van der Waals surface area contributed by atoms with Crippen LogP contribution < -0.4 is 14.4 Å². The molecule has 0 heterocycles. The molecular weight excluding hydrogens is 562 g/mol. The number of amides is 2. The molecule has 1 N–H and O–H groups in total. The van der Waals surface area contributed by atoms with Gasteiger partial charge in [-0.25, -0.2) is 8.42 Å². The molecule has 10 heteroatoms. The van der Waals surface area contributed by atoms with Gasteiger partial charge in [0.1, 0.15) is 18.3 Å². The number of nitrogens with one attached hydrogen (secondary N) is 1. The van der Waals surface area contributed by atoms with Crippen LogP contribution in [0.4, 0.5) is 5.69 Å². The Morgan fingerprint density at radius 2 is 1.71 bits per heavy atom. The van der Waals surface area contributed by atoms with Gasteiger partial charge < -0.3 is 15.0 Å². The van der Waals surface area contributed by atoms with Crippen LogP contribution in [-0.4, -0.2) is 51.4 Å². The Balaban J connectivity index is 2.06. The van der Waals surface area contributed by atoms with Crippen LogP contribution in [0.1, 0.15) is 44.2 Å². The van der Waals surface area contributed by atoms with E-state index < -0.39 is 28.5 Å². The molecule has 0 aliphatic rings. The molecule has 2 amide bonds. The molecule has 1 atom stereocenters. The third-order valence-electron chi connectivity index (χ3n) is 6.74. The summed E-state index contributed by atoms with van der Waals surface area (Å²) in [7, 11) is -2.69. The molecule has 8 nitrogen and oxygen atoms in total. The van der Waals surface area contributed by atoms with Crippen molar-refractivity contribution in [1.82, 2.24) is 10.2 Å². The Hall–Kier alpha value is -3.56. The smallest absolute Gasteiger partial charge is 0.264 e. The minimum absolute atomic E-state index is 0.0364. The summed E-state index contributed by atoms with van der Waals surface area (Å²) in [6.45, 7) is 5.69. The monoisotopic (exact) mass is 599 g/mol. The van der Waals surface area contributed by atoms with Crippen LogP contribution in [0.15, 0.2) is 77.7 Å². The van der Waals surface area contributed by atoms with Crippen LogP contribution in [0.2, 0.25) is 5.02 Å². The number of carbonyl (C=O) groups excluding carboxylic acids is 2. The maximum Gasteiger partial charge on any atom is 0.264 e. The molecule has 0 fully saturated rings. The number of rotatable bonds is 14. The SMILES string of the molecule is CCCCNC(=O)[C@H](CC)N(Cc1ccccc1Cl)C(=O)CN(c1cccc(OC)c1)S(=O)(=O)c1ccc(C)cc1. The molecule has 3 aromatic carbocycles. The number of unbranched alkanes of at least 4 members (excludes halogenated alkanes) is 1. The summed E-state index contributed by atoms with van der Waals surface area (Å²) < 4.78 is 34.3. The van der Waals surface area contributed by atoms with Gasteiger partial charge in [-0.3, -0.25) is 13.9 Å². The van der Waals surface area contributed by atoms with Gasteiger partial charge in [-0.05, 0) is 55.7 Å². The summed E-state index contributed by atoms with van der Waals surface area (Å²) in [5, 5.41) is 3.37. The third kappa shape index (κ3) is 8.24. The van der Waals surface area contributed by atoms with Crippen LogP contribution in [0.5, 0.6) is 5.75 Å². The van der Waals surface area contributed by atoms with Crippen LogP contribution in [-0.2, 0) is 26.2 Å². The summed E-state index contributed by atoms with van der Waals surface area (Å²) >= 11 is 6.44. The van der Waals surface area contributed by atoms with Gasteiger partial charge in [-0.2, -0.15) is 0 Å². The molecule has 0 spiro atoms. The second-order valence-corrected chi connectivity index (χ2v) is 12.0. The summed E-state index contributed by atoms with van der Waals surface area (Å²) in [4.78, 5) is 28.9. The van der Waals surface area contributed by atoms with Crippen molar-refractivity contribution in [3.8, 4) is 5.75 Å². The van der Waals surface area contributed by atoms with E-state index in [1.165, 1.54) is 24.1 Å². The molecule has 3 aromatic rings. The van der Waals surface area contributed by atoms with Crippen LogP contribution in [0, 0.1) is 6.92 Å². The van der Waals surface area contributed by atoms with Crippen molar-refractivity contribution in [3.63, 3.8) is 0 Å². The Labute approximate surface area is 248 Å². The van der Waals surface area contributed by atoms with Crippen molar-refractivity contribution in [2.75, 3.05) is 24.5 Å². The molecule has 0 saturated heterocycles. The van der Waals surface area contributed by atoms with Gasteiger partial charge >= 0.3 is 0 Å². The third-order valence-corrected chi connectivity index (χ3v) is 8.90. The normalized spacial score (nSPS) is 11.9. The van der Waals surface area contributed by atoms with Gasteiger partial charge in [0.25, 0.3) is 10.0 Å². The lowest BCUT2D eigenvalue weighted by atomic mass is 10.1. The van der Waals surface area contributed by atoms with Gasteiger partial charge in [0.15, 0.2) is 0 Å². The fourth-order valence-corrected chi connectivity index (χ4v) is 5.97. The zero-order valence-corrected chi connectivity index (χ0v) is 25.5. The van der Waals surface area contributed by atoms with E-state index in [0.29, 0.717) is 29.3 Å². The Kier molecular flexibility index (Phi) is 11.6. The first-order valence-corrected chi connectivity index (χ1v) is 15.5. The molecule has 3 rings (SSSR count). The topological polar surface area (TPSA) is 96.0 Å². The number of ether oxygens (including phenoxy) is 1. The zero-order valence-electron chi connectivity index (χ0n) is 24.0. The molecule has 0 aliphatic carbocycles. The highest BCUT2D eigenvalue weighted by atomic mass is 35.5. The highest BCUT2D eigenvalue weighted by molar-refractivity contribution is 7.92. The predicted octanol–water partition coefficient (Wildman–Crippen LogP) is 5.58. The summed E-state index contributed by atoms with van der Waals surface area (Å²) in [5.74, 6) is -0.398. The quantitative estimate of drug-likeness (QED) is 0.244. The Morgan fingerprint density at radius 3 is 2.34 bits per heavy atom. The van der Waals surface area contributed by atoms with E-state index >= 15 is 0 Å². The number of nitrogens with zero attached hydrogens (tertiary/aromatic N) is 2. The van der Waals surface area contributed by atoms with E-state index in [9.17, 15) is 18.0 Å². The number of methoxy groups -OCH3 is 1. The molecule has 0 radical (unpaired) electrons. The molecule has 0 bridgehead atoms. The van der Waals surface area contributed by atoms with E-state index in [2.05, 4.69) is 5.32 Å². The second kappa shape index (κ2) is 14.9. The number of anilines is 1. The number of hydrogen-bond acceptors (Lipinski definition) is 5. The predicted molar refractivity (Wildman–Crippen MR) is 163 cm³/mol. The number of carbonyl (C=O) groups is 2. The lowest BCUT2D eigenvalue weighted by Crippen LogP contribution is -2.52. The van der Waals surface area contributed by atoms with Crippen LogP contribution in [0.25, 0.3) is 0 Å². The number of hydrogen-bond donors (Lipinski definition) is 1. The lowest BCUT2D eigenvalue weighted by Gasteiger charge is -2.33. The largest absolute Gasteiger partial charge is 0.497 e. The zero-order chi connectivity index (χ0) is 30.0. The summed E-state index contributed by atoms with van der Waals surface area (Å²) in [5.41, 5.74) is 1.81. The van der Waals surface area contributed by atoms with Gasteiger partial charge in [0.2, 0.25) is 11.8 Å². The number of halogens is 1. The first kappa shape index (κ1) is 32.0. The first-order valence-electron chi connectivity index (χ1n) is 13.7. The maximum absolute atomic E-state index is 14.1. The van der Waals surface area contributed by atoms with Crippen molar-refractivity contribution in [1.29, 1.82) is 0 Å². The highest BCUT2D eigenvalue weighted by Gasteiger charge is 2.34. The van der Waals surface area contributed by atoms with Gasteiger partial charge in [0, 0.05) is 24.2 Å². The number of aryl methyl sites for hydroxylation is 1. The van der Waals surface area contributed by atoms with Gasteiger partial charge in [0.05, 0.1) is 17.7 Å². The molecular formula is C31H38ClN3O5S. The van der Waals surface area contributed by atoms with Crippen molar-refractivity contribution < 1.29 is 22.7 Å². The minimum atomic E-state index is -4.17. The van der Waals surface area contributed by atoms with Crippen molar-refractivity contribution in [2.45, 2.75) is 57.5 Å². The summed E-state index contributed by atoms with van der Waals surface area (Å²) in [6, 6.07) is 19.2. The minimum Gasteiger partial charge on any atom is -0.497 e.